The summed E-state index contributed by atoms with van der Waals surface area (Å²) in [7, 11) is 0. The Morgan fingerprint density at radius 3 is 2.65 bits per heavy atom. The molecule has 4 nitrogen and oxygen atoms in total. The predicted octanol–water partition coefficient (Wildman–Crippen LogP) is 3.05. The molecule has 0 aromatic carbocycles. The first-order valence-corrected chi connectivity index (χ1v) is 6.38. The monoisotopic (exact) mass is 235 g/mol. The zero-order chi connectivity index (χ0) is 12.5. The van der Waals surface area contributed by atoms with Crippen molar-refractivity contribution in [2.45, 2.75) is 52.4 Å². The van der Waals surface area contributed by atoms with Gasteiger partial charge >= 0.3 is 0 Å². The van der Waals surface area contributed by atoms with Gasteiger partial charge in [0.15, 0.2) is 5.82 Å². The van der Waals surface area contributed by atoms with Crippen LogP contribution >= 0.6 is 0 Å². The van der Waals surface area contributed by atoms with Crippen LogP contribution in [0.1, 0.15) is 58.1 Å². The first-order valence-electron chi connectivity index (χ1n) is 6.38. The van der Waals surface area contributed by atoms with Crippen molar-refractivity contribution in [1.29, 1.82) is 0 Å². The standard InChI is InChI=1S/C13H21N3O/c1-9(2)10-8-11(16-15-10)14-12(17)13(3)6-4-5-7-13/h8-9H,4-7H2,1-3H3,(H2,14,15,16,17). The molecule has 0 spiro atoms. The normalized spacial score (nSPS) is 18.6. The fourth-order valence-electron chi connectivity index (χ4n) is 2.35. The number of hydrogen-bond acceptors (Lipinski definition) is 2. The summed E-state index contributed by atoms with van der Waals surface area (Å²) in [6.07, 6.45) is 4.28. The van der Waals surface area contributed by atoms with E-state index in [1.807, 2.05) is 13.0 Å². The fourth-order valence-corrected chi connectivity index (χ4v) is 2.35. The molecule has 1 saturated carbocycles. The van der Waals surface area contributed by atoms with Crippen molar-refractivity contribution in [1.82, 2.24) is 10.2 Å². The summed E-state index contributed by atoms with van der Waals surface area (Å²) in [5.74, 6) is 1.15. The van der Waals surface area contributed by atoms with Crippen LogP contribution in [0.2, 0.25) is 0 Å². The number of amides is 1. The third-order valence-electron chi connectivity index (χ3n) is 3.72. The minimum atomic E-state index is -0.197. The molecule has 1 aliphatic rings. The van der Waals surface area contributed by atoms with Gasteiger partial charge in [-0.05, 0) is 18.8 Å². The van der Waals surface area contributed by atoms with Crippen molar-refractivity contribution in [3.63, 3.8) is 0 Å². The van der Waals surface area contributed by atoms with E-state index < -0.39 is 0 Å². The van der Waals surface area contributed by atoms with Crippen LogP contribution in [0.3, 0.4) is 0 Å². The highest BCUT2D eigenvalue weighted by atomic mass is 16.2. The van der Waals surface area contributed by atoms with Gasteiger partial charge in [-0.15, -0.1) is 0 Å². The summed E-state index contributed by atoms with van der Waals surface area (Å²) in [4.78, 5) is 12.2. The van der Waals surface area contributed by atoms with E-state index in [0.29, 0.717) is 11.7 Å². The lowest BCUT2D eigenvalue weighted by Crippen LogP contribution is -2.30. The van der Waals surface area contributed by atoms with Gasteiger partial charge in [-0.25, -0.2) is 0 Å². The molecule has 1 fully saturated rings. The summed E-state index contributed by atoms with van der Waals surface area (Å²) in [6, 6.07) is 1.92. The Morgan fingerprint density at radius 2 is 2.12 bits per heavy atom. The molecule has 1 aliphatic carbocycles. The molecule has 2 N–H and O–H groups in total. The maximum atomic E-state index is 12.2. The summed E-state index contributed by atoms with van der Waals surface area (Å²) in [6.45, 7) is 6.24. The number of rotatable bonds is 3. The predicted molar refractivity (Wildman–Crippen MR) is 67.9 cm³/mol. The fraction of sp³-hybridized carbons (Fsp3) is 0.692. The number of hydrogen-bond donors (Lipinski definition) is 2. The molecular formula is C13H21N3O. The van der Waals surface area contributed by atoms with E-state index in [0.717, 1.165) is 31.4 Å². The van der Waals surface area contributed by atoms with Gasteiger partial charge in [0.2, 0.25) is 5.91 Å². The van der Waals surface area contributed by atoms with Crippen LogP contribution in [0, 0.1) is 5.41 Å². The van der Waals surface area contributed by atoms with E-state index in [4.69, 9.17) is 0 Å². The minimum absolute atomic E-state index is 0.108. The largest absolute Gasteiger partial charge is 0.309 e. The summed E-state index contributed by atoms with van der Waals surface area (Å²) in [5.41, 5.74) is 0.855. The number of carbonyl (C=O) groups is 1. The molecule has 1 aromatic heterocycles. The summed E-state index contributed by atoms with van der Waals surface area (Å²) in [5, 5.41) is 9.99. The van der Waals surface area contributed by atoms with E-state index in [9.17, 15) is 4.79 Å². The Kier molecular flexibility index (Phi) is 3.22. The Labute approximate surface area is 102 Å². The molecule has 94 valence electrons. The molecule has 4 heteroatoms. The third-order valence-corrected chi connectivity index (χ3v) is 3.72. The maximum absolute atomic E-state index is 12.2. The molecule has 0 bridgehead atoms. The number of aromatic amines is 1. The molecule has 0 atom stereocenters. The summed E-state index contributed by atoms with van der Waals surface area (Å²) < 4.78 is 0. The van der Waals surface area contributed by atoms with Crippen LogP contribution in [-0.4, -0.2) is 16.1 Å². The zero-order valence-electron chi connectivity index (χ0n) is 10.8. The number of anilines is 1. The second kappa shape index (κ2) is 4.51. The van der Waals surface area contributed by atoms with Gasteiger partial charge in [0.25, 0.3) is 0 Å². The van der Waals surface area contributed by atoms with Gasteiger partial charge in [0, 0.05) is 17.2 Å². The molecule has 0 saturated heterocycles. The maximum Gasteiger partial charge on any atom is 0.231 e. The van der Waals surface area contributed by atoms with Crippen molar-refractivity contribution in [2.75, 3.05) is 5.32 Å². The van der Waals surface area contributed by atoms with Crippen molar-refractivity contribution in [3.8, 4) is 0 Å². The van der Waals surface area contributed by atoms with Crippen LogP contribution in [0.15, 0.2) is 6.07 Å². The number of aromatic nitrogens is 2. The Bertz CT molecular complexity index is 403. The highest BCUT2D eigenvalue weighted by Gasteiger charge is 2.36. The quantitative estimate of drug-likeness (QED) is 0.846. The number of H-pyrrole nitrogens is 1. The van der Waals surface area contributed by atoms with Crippen LogP contribution < -0.4 is 5.32 Å². The lowest BCUT2D eigenvalue weighted by molar-refractivity contribution is -0.124. The Hall–Kier alpha value is -1.32. The molecule has 1 amide bonds. The van der Waals surface area contributed by atoms with Gasteiger partial charge in [0.05, 0.1) is 0 Å². The first-order chi connectivity index (χ1) is 8.01. The Morgan fingerprint density at radius 1 is 1.47 bits per heavy atom. The highest BCUT2D eigenvalue weighted by molar-refractivity contribution is 5.94. The van der Waals surface area contributed by atoms with E-state index in [1.165, 1.54) is 0 Å². The van der Waals surface area contributed by atoms with Crippen LogP contribution in [0.4, 0.5) is 5.82 Å². The van der Waals surface area contributed by atoms with E-state index >= 15 is 0 Å². The van der Waals surface area contributed by atoms with Crippen LogP contribution in [0.25, 0.3) is 0 Å². The van der Waals surface area contributed by atoms with Crippen molar-refractivity contribution in [3.05, 3.63) is 11.8 Å². The average molecular weight is 235 g/mol. The van der Waals surface area contributed by atoms with Gasteiger partial charge in [-0.2, -0.15) is 5.10 Å². The molecule has 0 unspecified atom stereocenters. The van der Waals surface area contributed by atoms with E-state index in [2.05, 4.69) is 29.4 Å². The van der Waals surface area contributed by atoms with Crippen molar-refractivity contribution < 1.29 is 4.79 Å². The Balaban J connectivity index is 2.02. The lowest BCUT2D eigenvalue weighted by atomic mass is 9.88. The second-order valence-electron chi connectivity index (χ2n) is 5.59. The van der Waals surface area contributed by atoms with Crippen LogP contribution in [0.5, 0.6) is 0 Å². The number of carbonyl (C=O) groups excluding carboxylic acids is 1. The molecular weight excluding hydrogens is 214 g/mol. The molecule has 17 heavy (non-hydrogen) atoms. The number of nitrogens with one attached hydrogen (secondary N) is 2. The van der Waals surface area contributed by atoms with Crippen molar-refractivity contribution >= 4 is 11.7 Å². The smallest absolute Gasteiger partial charge is 0.231 e. The lowest BCUT2D eigenvalue weighted by Gasteiger charge is -2.21. The van der Waals surface area contributed by atoms with Gasteiger partial charge in [-0.3, -0.25) is 9.89 Å². The summed E-state index contributed by atoms with van der Waals surface area (Å²) >= 11 is 0. The first kappa shape index (κ1) is 12.1. The van der Waals surface area contributed by atoms with Gasteiger partial charge in [-0.1, -0.05) is 33.6 Å². The average Bonchev–Trinajstić information content (AvgIpc) is 2.88. The molecule has 0 aliphatic heterocycles. The minimum Gasteiger partial charge on any atom is -0.309 e. The van der Waals surface area contributed by atoms with E-state index in [1.54, 1.807) is 0 Å². The SMILES string of the molecule is CC(C)c1cc(NC(=O)C2(C)CCCC2)n[nH]1. The number of nitrogens with zero attached hydrogens (tertiary/aromatic N) is 1. The zero-order valence-corrected chi connectivity index (χ0v) is 10.8. The van der Waals surface area contributed by atoms with Gasteiger partial charge < -0.3 is 5.32 Å². The van der Waals surface area contributed by atoms with E-state index in [-0.39, 0.29) is 11.3 Å². The third kappa shape index (κ3) is 2.51. The molecule has 2 rings (SSSR count). The van der Waals surface area contributed by atoms with Crippen molar-refractivity contribution in [2.24, 2.45) is 5.41 Å². The second-order valence-corrected chi connectivity index (χ2v) is 5.59. The van der Waals surface area contributed by atoms with Gasteiger partial charge in [0.1, 0.15) is 0 Å². The molecule has 1 heterocycles. The molecule has 0 radical (unpaired) electrons. The topological polar surface area (TPSA) is 57.8 Å². The molecule has 1 aromatic rings. The highest BCUT2D eigenvalue weighted by Crippen LogP contribution is 2.38. The van der Waals surface area contributed by atoms with Crippen LogP contribution in [-0.2, 0) is 4.79 Å².